The van der Waals surface area contributed by atoms with E-state index in [4.69, 9.17) is 4.74 Å². The molecule has 1 saturated carbocycles. The Morgan fingerprint density at radius 3 is 2.57 bits per heavy atom. The van der Waals surface area contributed by atoms with E-state index in [2.05, 4.69) is 29.6 Å². The molecular formula is C12H17NO. The molecule has 0 aromatic heterocycles. The third-order valence-corrected chi connectivity index (χ3v) is 2.62. The number of hydrogen-bond acceptors (Lipinski definition) is 2. The van der Waals surface area contributed by atoms with Crippen LogP contribution in [0.25, 0.3) is 0 Å². The molecule has 76 valence electrons. The van der Waals surface area contributed by atoms with E-state index < -0.39 is 0 Å². The quantitative estimate of drug-likeness (QED) is 0.772. The summed E-state index contributed by atoms with van der Waals surface area (Å²) in [6.45, 7) is 3.68. The number of rotatable bonds is 5. The zero-order chi connectivity index (χ0) is 9.86. The first kappa shape index (κ1) is 9.53. The van der Waals surface area contributed by atoms with Crippen LogP contribution in [0.5, 0.6) is 0 Å². The van der Waals surface area contributed by atoms with Gasteiger partial charge in [-0.05, 0) is 31.9 Å². The topological polar surface area (TPSA) is 21.3 Å². The molecule has 1 N–H and O–H groups in total. The lowest BCUT2D eigenvalue weighted by Gasteiger charge is -2.18. The molecule has 0 aliphatic heterocycles. The van der Waals surface area contributed by atoms with Crippen LogP contribution in [0.4, 0.5) is 5.69 Å². The second kappa shape index (κ2) is 4.01. The van der Waals surface area contributed by atoms with E-state index in [1.807, 2.05) is 13.0 Å². The maximum Gasteiger partial charge on any atom is 0.0696 e. The van der Waals surface area contributed by atoms with Crippen LogP contribution in [-0.2, 0) is 4.74 Å². The van der Waals surface area contributed by atoms with E-state index in [1.165, 1.54) is 18.5 Å². The minimum Gasteiger partial charge on any atom is -0.379 e. The predicted molar refractivity (Wildman–Crippen MR) is 58.5 cm³/mol. The Labute approximate surface area is 85.3 Å². The van der Waals surface area contributed by atoms with Crippen LogP contribution in [0.2, 0.25) is 0 Å². The van der Waals surface area contributed by atoms with Gasteiger partial charge in [-0.1, -0.05) is 18.2 Å². The van der Waals surface area contributed by atoms with Gasteiger partial charge in [0.2, 0.25) is 0 Å². The Morgan fingerprint density at radius 1 is 1.29 bits per heavy atom. The van der Waals surface area contributed by atoms with Crippen LogP contribution in [0.15, 0.2) is 30.3 Å². The number of para-hydroxylation sites is 1. The van der Waals surface area contributed by atoms with Crippen molar-refractivity contribution in [2.45, 2.75) is 25.3 Å². The molecule has 1 aromatic rings. The van der Waals surface area contributed by atoms with Crippen LogP contribution in [0, 0.1) is 0 Å². The Bertz CT molecular complexity index is 280. The molecule has 1 fully saturated rings. The molecule has 0 unspecified atom stereocenters. The normalized spacial score (nSPS) is 17.8. The van der Waals surface area contributed by atoms with Crippen LogP contribution in [0.1, 0.15) is 19.8 Å². The third-order valence-electron chi connectivity index (χ3n) is 2.62. The second-order valence-corrected chi connectivity index (χ2v) is 3.91. The van der Waals surface area contributed by atoms with Gasteiger partial charge in [0, 0.05) is 12.3 Å². The molecule has 0 radical (unpaired) electrons. The molecule has 1 aromatic carbocycles. The van der Waals surface area contributed by atoms with Gasteiger partial charge < -0.3 is 10.1 Å². The molecule has 0 amide bonds. The second-order valence-electron chi connectivity index (χ2n) is 3.91. The van der Waals surface area contributed by atoms with Crippen LogP contribution >= 0.6 is 0 Å². The SMILES string of the molecule is CCOCC1(Nc2ccccc2)CC1. The van der Waals surface area contributed by atoms with Crippen LogP contribution < -0.4 is 5.32 Å². The average Bonchev–Trinajstić information content (AvgIpc) is 2.97. The first-order valence-electron chi connectivity index (χ1n) is 5.26. The summed E-state index contributed by atoms with van der Waals surface area (Å²) < 4.78 is 5.47. The van der Waals surface area contributed by atoms with E-state index in [0.717, 1.165) is 13.2 Å². The molecule has 0 atom stereocenters. The Balaban J connectivity index is 1.91. The van der Waals surface area contributed by atoms with E-state index in [1.54, 1.807) is 0 Å². The summed E-state index contributed by atoms with van der Waals surface area (Å²) in [5.41, 5.74) is 1.43. The lowest BCUT2D eigenvalue weighted by Crippen LogP contribution is -2.27. The maximum absolute atomic E-state index is 5.47. The van der Waals surface area contributed by atoms with Gasteiger partial charge in [0.05, 0.1) is 12.1 Å². The summed E-state index contributed by atoms with van der Waals surface area (Å²) in [5, 5.41) is 3.54. The van der Waals surface area contributed by atoms with E-state index >= 15 is 0 Å². The average molecular weight is 191 g/mol. The molecule has 2 nitrogen and oxygen atoms in total. The molecule has 1 aliphatic rings. The van der Waals surface area contributed by atoms with Crippen LogP contribution in [-0.4, -0.2) is 18.8 Å². The lowest BCUT2D eigenvalue weighted by atomic mass is 10.2. The van der Waals surface area contributed by atoms with Gasteiger partial charge in [-0.15, -0.1) is 0 Å². The van der Waals surface area contributed by atoms with Crippen LogP contribution in [0.3, 0.4) is 0 Å². The van der Waals surface area contributed by atoms with E-state index in [-0.39, 0.29) is 5.54 Å². The zero-order valence-corrected chi connectivity index (χ0v) is 8.62. The summed E-state index contributed by atoms with van der Waals surface area (Å²) >= 11 is 0. The highest BCUT2D eigenvalue weighted by atomic mass is 16.5. The van der Waals surface area contributed by atoms with Crippen molar-refractivity contribution in [3.8, 4) is 0 Å². The maximum atomic E-state index is 5.47. The standard InChI is InChI=1S/C12H17NO/c1-2-14-10-12(8-9-12)13-11-6-4-3-5-7-11/h3-7,13H,2,8-10H2,1H3. The van der Waals surface area contributed by atoms with Gasteiger partial charge in [0.15, 0.2) is 0 Å². The molecule has 0 spiro atoms. The van der Waals surface area contributed by atoms with Gasteiger partial charge >= 0.3 is 0 Å². The molecule has 1 aliphatic carbocycles. The van der Waals surface area contributed by atoms with Crippen molar-refractivity contribution in [1.82, 2.24) is 0 Å². The first-order chi connectivity index (χ1) is 6.85. The summed E-state index contributed by atoms with van der Waals surface area (Å²) in [4.78, 5) is 0. The van der Waals surface area contributed by atoms with Crippen molar-refractivity contribution in [3.05, 3.63) is 30.3 Å². The summed E-state index contributed by atoms with van der Waals surface area (Å²) in [7, 11) is 0. The molecule has 0 saturated heterocycles. The fraction of sp³-hybridized carbons (Fsp3) is 0.500. The Morgan fingerprint density at radius 2 is 2.00 bits per heavy atom. The van der Waals surface area contributed by atoms with E-state index in [9.17, 15) is 0 Å². The van der Waals surface area contributed by atoms with Gasteiger partial charge in [-0.3, -0.25) is 0 Å². The predicted octanol–water partition coefficient (Wildman–Crippen LogP) is 2.67. The first-order valence-corrected chi connectivity index (χ1v) is 5.26. The highest BCUT2D eigenvalue weighted by molar-refractivity contribution is 5.47. The molecule has 14 heavy (non-hydrogen) atoms. The van der Waals surface area contributed by atoms with Gasteiger partial charge in [-0.25, -0.2) is 0 Å². The summed E-state index contributed by atoms with van der Waals surface area (Å²) in [6, 6.07) is 10.4. The van der Waals surface area contributed by atoms with Crippen molar-refractivity contribution in [3.63, 3.8) is 0 Å². The van der Waals surface area contributed by atoms with E-state index in [0.29, 0.717) is 0 Å². The lowest BCUT2D eigenvalue weighted by molar-refractivity contribution is 0.132. The van der Waals surface area contributed by atoms with Crippen molar-refractivity contribution in [1.29, 1.82) is 0 Å². The largest absolute Gasteiger partial charge is 0.379 e. The molecular weight excluding hydrogens is 174 g/mol. The smallest absolute Gasteiger partial charge is 0.0696 e. The Hall–Kier alpha value is -1.02. The van der Waals surface area contributed by atoms with Crippen molar-refractivity contribution >= 4 is 5.69 Å². The fourth-order valence-corrected chi connectivity index (χ4v) is 1.58. The summed E-state index contributed by atoms with van der Waals surface area (Å²) in [6.07, 6.45) is 2.45. The number of nitrogens with one attached hydrogen (secondary N) is 1. The Kier molecular flexibility index (Phi) is 2.73. The minimum atomic E-state index is 0.233. The van der Waals surface area contributed by atoms with Crippen molar-refractivity contribution < 1.29 is 4.74 Å². The molecule has 0 bridgehead atoms. The molecule has 2 rings (SSSR count). The number of ether oxygens (including phenoxy) is 1. The zero-order valence-electron chi connectivity index (χ0n) is 8.62. The molecule has 0 heterocycles. The minimum absolute atomic E-state index is 0.233. The monoisotopic (exact) mass is 191 g/mol. The highest BCUT2D eigenvalue weighted by Gasteiger charge is 2.42. The molecule has 2 heteroatoms. The number of benzene rings is 1. The third kappa shape index (κ3) is 2.26. The number of anilines is 1. The number of hydrogen-bond donors (Lipinski definition) is 1. The van der Waals surface area contributed by atoms with Gasteiger partial charge in [0.1, 0.15) is 0 Å². The van der Waals surface area contributed by atoms with Gasteiger partial charge in [-0.2, -0.15) is 0 Å². The van der Waals surface area contributed by atoms with Gasteiger partial charge in [0.25, 0.3) is 0 Å². The van der Waals surface area contributed by atoms with Crippen molar-refractivity contribution in [2.24, 2.45) is 0 Å². The fourth-order valence-electron chi connectivity index (χ4n) is 1.58. The van der Waals surface area contributed by atoms with Crippen molar-refractivity contribution in [2.75, 3.05) is 18.5 Å². The highest BCUT2D eigenvalue weighted by Crippen LogP contribution is 2.39. The summed E-state index contributed by atoms with van der Waals surface area (Å²) in [5.74, 6) is 0.